The summed E-state index contributed by atoms with van der Waals surface area (Å²) < 4.78 is 0. The Morgan fingerprint density at radius 1 is 1.38 bits per heavy atom. The van der Waals surface area contributed by atoms with Gasteiger partial charge in [0.2, 0.25) is 0 Å². The number of aromatic nitrogens is 1. The van der Waals surface area contributed by atoms with Gasteiger partial charge < -0.3 is 10.2 Å². The highest BCUT2D eigenvalue weighted by molar-refractivity contribution is 7.15. The highest BCUT2D eigenvalue weighted by Gasteiger charge is 2.35. The Hall–Kier alpha value is -0.650. The highest BCUT2D eigenvalue weighted by atomic mass is 32.1. The monoisotopic (exact) mass is 308 g/mol. The van der Waals surface area contributed by atoms with Crippen LogP contribution in [0.3, 0.4) is 0 Å². The number of nitrogens with zero attached hydrogens (tertiary/aromatic N) is 3. The van der Waals surface area contributed by atoms with Gasteiger partial charge in [-0.25, -0.2) is 4.98 Å². The minimum absolute atomic E-state index is 0.501. The summed E-state index contributed by atoms with van der Waals surface area (Å²) in [5, 5.41) is 4.53. The van der Waals surface area contributed by atoms with Gasteiger partial charge in [0.15, 0.2) is 5.13 Å². The van der Waals surface area contributed by atoms with Crippen molar-refractivity contribution in [2.24, 2.45) is 0 Å². The molecule has 1 aromatic heterocycles. The van der Waals surface area contributed by atoms with E-state index >= 15 is 0 Å². The molecular formula is C16H28N4S. The van der Waals surface area contributed by atoms with Crippen LogP contribution in [0.25, 0.3) is 0 Å². The number of anilines is 1. The van der Waals surface area contributed by atoms with Crippen LogP contribution < -0.4 is 10.2 Å². The normalized spacial score (nSPS) is 26.6. The van der Waals surface area contributed by atoms with E-state index in [9.17, 15) is 0 Å². The molecule has 2 fully saturated rings. The molecule has 4 nitrogen and oxygen atoms in total. The summed E-state index contributed by atoms with van der Waals surface area (Å²) in [5.74, 6) is 0.501. The Labute approximate surface area is 132 Å². The molecular weight excluding hydrogens is 280 g/mol. The molecule has 0 aromatic carbocycles. The van der Waals surface area contributed by atoms with Gasteiger partial charge in [-0.05, 0) is 39.3 Å². The minimum Gasteiger partial charge on any atom is -0.343 e. The molecule has 0 radical (unpaired) electrons. The first-order valence-corrected chi connectivity index (χ1v) is 9.06. The van der Waals surface area contributed by atoms with E-state index in [2.05, 4.69) is 35.9 Å². The Balaban J connectivity index is 1.83. The van der Waals surface area contributed by atoms with Crippen molar-refractivity contribution >= 4 is 16.5 Å². The van der Waals surface area contributed by atoms with Crippen LogP contribution in [-0.2, 0) is 6.54 Å². The maximum absolute atomic E-state index is 5.00. The second-order valence-electron chi connectivity index (χ2n) is 6.78. The summed E-state index contributed by atoms with van der Waals surface area (Å²) in [6.07, 6.45) is 2.72. The van der Waals surface area contributed by atoms with Gasteiger partial charge in [-0.1, -0.05) is 13.8 Å². The first-order chi connectivity index (χ1) is 10.1. The first kappa shape index (κ1) is 15.3. The van der Waals surface area contributed by atoms with Gasteiger partial charge in [-0.15, -0.1) is 11.3 Å². The standard InChI is InChI=1S/C16H28N4S/c1-11(2)15-14(8-17-4)21-16(18-15)20-10-13-6-5-7-19(13)9-12(20)3/h11-13,17H,5-10H2,1-4H3. The van der Waals surface area contributed by atoms with E-state index in [1.54, 1.807) is 0 Å². The number of hydrogen-bond donors (Lipinski definition) is 1. The summed E-state index contributed by atoms with van der Waals surface area (Å²) in [6, 6.07) is 1.33. The predicted molar refractivity (Wildman–Crippen MR) is 90.4 cm³/mol. The van der Waals surface area contributed by atoms with Crippen LogP contribution in [0.4, 0.5) is 5.13 Å². The number of piperazine rings is 1. The van der Waals surface area contributed by atoms with Crippen LogP contribution in [0.1, 0.15) is 50.1 Å². The largest absolute Gasteiger partial charge is 0.343 e. The number of thiazole rings is 1. The van der Waals surface area contributed by atoms with Crippen molar-refractivity contribution in [3.8, 4) is 0 Å². The Morgan fingerprint density at radius 3 is 2.90 bits per heavy atom. The molecule has 0 aliphatic carbocycles. The minimum atomic E-state index is 0.501. The Bertz CT molecular complexity index is 485. The fraction of sp³-hybridized carbons (Fsp3) is 0.812. The number of rotatable bonds is 4. The lowest BCUT2D eigenvalue weighted by molar-refractivity contribution is 0.203. The zero-order valence-electron chi connectivity index (χ0n) is 13.7. The van der Waals surface area contributed by atoms with Crippen LogP contribution in [0.2, 0.25) is 0 Å². The molecule has 3 heterocycles. The molecule has 2 unspecified atom stereocenters. The Kier molecular flexibility index (Phi) is 4.52. The Morgan fingerprint density at radius 2 is 2.19 bits per heavy atom. The van der Waals surface area contributed by atoms with Crippen molar-refractivity contribution in [3.63, 3.8) is 0 Å². The van der Waals surface area contributed by atoms with Crippen molar-refractivity contribution in [3.05, 3.63) is 10.6 Å². The topological polar surface area (TPSA) is 31.4 Å². The summed E-state index contributed by atoms with van der Waals surface area (Å²) >= 11 is 1.89. The maximum atomic E-state index is 5.00. The van der Waals surface area contributed by atoms with E-state index in [0.717, 1.165) is 19.1 Å². The molecule has 0 bridgehead atoms. The van der Waals surface area contributed by atoms with Gasteiger partial charge in [0, 0.05) is 36.6 Å². The number of nitrogens with one attached hydrogen (secondary N) is 1. The van der Waals surface area contributed by atoms with E-state index < -0.39 is 0 Å². The SMILES string of the molecule is CNCc1sc(N2CC3CCCN3CC2C)nc1C(C)C. The van der Waals surface area contributed by atoms with Crippen molar-refractivity contribution in [2.75, 3.05) is 31.6 Å². The van der Waals surface area contributed by atoms with E-state index in [0.29, 0.717) is 12.0 Å². The molecule has 0 amide bonds. The van der Waals surface area contributed by atoms with Gasteiger partial charge in [-0.2, -0.15) is 0 Å². The fourth-order valence-electron chi connectivity index (χ4n) is 3.67. The van der Waals surface area contributed by atoms with E-state index in [4.69, 9.17) is 4.98 Å². The van der Waals surface area contributed by atoms with E-state index in [1.165, 1.54) is 41.6 Å². The predicted octanol–water partition coefficient (Wildman–Crippen LogP) is 2.66. The quantitative estimate of drug-likeness (QED) is 0.926. The van der Waals surface area contributed by atoms with Crippen molar-refractivity contribution < 1.29 is 0 Å². The van der Waals surface area contributed by atoms with Crippen LogP contribution in [0.5, 0.6) is 0 Å². The van der Waals surface area contributed by atoms with Crippen LogP contribution in [0, 0.1) is 0 Å². The molecule has 2 atom stereocenters. The highest BCUT2D eigenvalue weighted by Crippen LogP contribution is 2.35. The third-order valence-corrected chi connectivity index (χ3v) is 5.89. The maximum Gasteiger partial charge on any atom is 0.186 e. The van der Waals surface area contributed by atoms with E-state index in [-0.39, 0.29) is 0 Å². The summed E-state index contributed by atoms with van der Waals surface area (Å²) in [5.41, 5.74) is 1.28. The third kappa shape index (κ3) is 2.96. The molecule has 21 heavy (non-hydrogen) atoms. The first-order valence-electron chi connectivity index (χ1n) is 8.25. The van der Waals surface area contributed by atoms with Crippen LogP contribution >= 0.6 is 11.3 Å². The molecule has 0 spiro atoms. The summed E-state index contributed by atoms with van der Waals surface area (Å²) in [7, 11) is 2.02. The molecule has 0 saturated carbocycles. The second kappa shape index (κ2) is 6.23. The zero-order valence-corrected chi connectivity index (χ0v) is 14.5. The lowest BCUT2D eigenvalue weighted by Gasteiger charge is -2.42. The van der Waals surface area contributed by atoms with Gasteiger partial charge in [0.05, 0.1) is 5.69 Å². The molecule has 1 aromatic rings. The molecule has 2 aliphatic rings. The lowest BCUT2D eigenvalue weighted by atomic mass is 10.1. The third-order valence-electron chi connectivity index (χ3n) is 4.78. The second-order valence-corrected chi connectivity index (χ2v) is 7.84. The molecule has 1 N–H and O–H groups in total. The number of hydrogen-bond acceptors (Lipinski definition) is 5. The van der Waals surface area contributed by atoms with Gasteiger partial charge in [-0.3, -0.25) is 4.90 Å². The van der Waals surface area contributed by atoms with Gasteiger partial charge in [0.25, 0.3) is 0 Å². The van der Waals surface area contributed by atoms with E-state index in [1.807, 2.05) is 18.4 Å². The zero-order chi connectivity index (χ0) is 15.0. The summed E-state index contributed by atoms with van der Waals surface area (Å²) in [4.78, 5) is 11.6. The average Bonchev–Trinajstić information content (AvgIpc) is 3.04. The fourth-order valence-corrected chi connectivity index (χ4v) is 5.00. The molecule has 2 saturated heterocycles. The lowest BCUT2D eigenvalue weighted by Crippen LogP contribution is -2.55. The molecule has 3 rings (SSSR count). The van der Waals surface area contributed by atoms with Gasteiger partial charge >= 0.3 is 0 Å². The van der Waals surface area contributed by atoms with Crippen molar-refractivity contribution in [2.45, 2.75) is 58.2 Å². The van der Waals surface area contributed by atoms with Gasteiger partial charge in [0.1, 0.15) is 0 Å². The van der Waals surface area contributed by atoms with Crippen LogP contribution in [0.15, 0.2) is 0 Å². The number of fused-ring (bicyclic) bond motifs is 1. The summed E-state index contributed by atoms with van der Waals surface area (Å²) in [6.45, 7) is 11.4. The molecule has 5 heteroatoms. The van der Waals surface area contributed by atoms with Crippen LogP contribution in [-0.4, -0.2) is 48.6 Å². The average molecular weight is 308 g/mol. The van der Waals surface area contributed by atoms with Crippen molar-refractivity contribution in [1.82, 2.24) is 15.2 Å². The molecule has 118 valence electrons. The smallest absolute Gasteiger partial charge is 0.186 e. The van der Waals surface area contributed by atoms with Crippen molar-refractivity contribution in [1.29, 1.82) is 0 Å². The molecule has 2 aliphatic heterocycles.